The molecule has 0 aliphatic heterocycles. The monoisotopic (exact) mass is 391 g/mol. The van der Waals surface area contributed by atoms with Gasteiger partial charge in [-0.2, -0.15) is 0 Å². The van der Waals surface area contributed by atoms with Gasteiger partial charge in [0.15, 0.2) is 0 Å². The quantitative estimate of drug-likeness (QED) is 0.822. The molecule has 0 atom stereocenters. The van der Waals surface area contributed by atoms with Gasteiger partial charge >= 0.3 is 0 Å². The number of aryl methyl sites for hydroxylation is 1. The number of hydrogen-bond donors (Lipinski definition) is 1. The van der Waals surface area contributed by atoms with Gasteiger partial charge < -0.3 is 5.11 Å². The van der Waals surface area contributed by atoms with E-state index in [4.69, 9.17) is 5.11 Å². The Morgan fingerprint density at radius 3 is 2.38 bits per heavy atom. The van der Waals surface area contributed by atoms with Crippen LogP contribution in [0.25, 0.3) is 0 Å². The van der Waals surface area contributed by atoms with Crippen molar-refractivity contribution in [1.82, 2.24) is 0 Å². The summed E-state index contributed by atoms with van der Waals surface area (Å²) in [5.74, 6) is 0.493. The number of rotatable bonds is 2. The Labute approximate surface area is 116 Å². The Hall–Kier alpha value is 0.622. The molecule has 0 heterocycles. The molecule has 0 fully saturated rings. The summed E-state index contributed by atoms with van der Waals surface area (Å²) in [6, 6.07) is 6.19. The van der Waals surface area contributed by atoms with Gasteiger partial charge in [0.05, 0.1) is 6.61 Å². The standard InChI is InChI=1S/C11H16O.Ac/c1-8(2)11-6-9(3)4-5-10(11)7-12;/h4-6,8,12H,7H2,1-3H3;. The number of aliphatic hydroxyl groups excluding tert-OH is 1. The first-order valence-electron chi connectivity index (χ1n) is 4.35. The summed E-state index contributed by atoms with van der Waals surface area (Å²) in [4.78, 5) is 0. The molecule has 0 unspecified atom stereocenters. The van der Waals surface area contributed by atoms with Gasteiger partial charge in [-0.1, -0.05) is 37.6 Å². The zero-order chi connectivity index (χ0) is 9.14. The molecule has 0 aromatic heterocycles. The van der Waals surface area contributed by atoms with Crippen molar-refractivity contribution in [2.75, 3.05) is 0 Å². The second kappa shape index (κ2) is 6.17. The number of benzene rings is 1. The van der Waals surface area contributed by atoms with Crippen LogP contribution in [0.4, 0.5) is 0 Å². The first-order chi connectivity index (χ1) is 5.65. The van der Waals surface area contributed by atoms with Crippen molar-refractivity contribution in [3.8, 4) is 0 Å². The van der Waals surface area contributed by atoms with E-state index in [0.29, 0.717) is 5.92 Å². The predicted octanol–water partition coefficient (Wildman–Crippen LogP) is 2.61. The first kappa shape index (κ1) is 13.6. The molecule has 0 saturated carbocycles. The van der Waals surface area contributed by atoms with E-state index >= 15 is 0 Å². The molecular weight excluding hydrogens is 375 g/mol. The Morgan fingerprint density at radius 1 is 1.31 bits per heavy atom. The van der Waals surface area contributed by atoms with E-state index in [1.807, 2.05) is 12.1 Å². The molecule has 1 rings (SSSR count). The molecule has 0 spiro atoms. The molecular formula is C11H16AcO. The molecule has 0 aliphatic rings. The van der Waals surface area contributed by atoms with E-state index in [0.717, 1.165) is 5.56 Å². The predicted molar refractivity (Wildman–Crippen MR) is 51.2 cm³/mol. The molecule has 1 N–H and O–H groups in total. The summed E-state index contributed by atoms with van der Waals surface area (Å²) in [6.07, 6.45) is 0. The van der Waals surface area contributed by atoms with Crippen LogP contribution in [-0.4, -0.2) is 5.11 Å². The second-order valence-corrected chi connectivity index (χ2v) is 3.52. The van der Waals surface area contributed by atoms with Crippen molar-refractivity contribution in [3.63, 3.8) is 0 Å². The van der Waals surface area contributed by atoms with E-state index in [2.05, 4.69) is 26.8 Å². The Bertz CT molecular complexity index is 269. The van der Waals surface area contributed by atoms with Gasteiger partial charge in [-0.15, -0.1) is 0 Å². The minimum absolute atomic E-state index is 0. The SMILES string of the molecule is Cc1ccc(CO)c(C(C)C)c1.[Ac]. The van der Waals surface area contributed by atoms with Crippen LogP contribution >= 0.6 is 0 Å². The molecule has 0 amide bonds. The smallest absolute Gasteiger partial charge is 0.0684 e. The zero-order valence-electron chi connectivity index (χ0n) is 8.54. The van der Waals surface area contributed by atoms with E-state index in [1.54, 1.807) is 0 Å². The van der Waals surface area contributed by atoms with Crippen molar-refractivity contribution in [3.05, 3.63) is 34.9 Å². The Kier molecular flexibility index (Phi) is 6.47. The van der Waals surface area contributed by atoms with Gasteiger partial charge in [-0.25, -0.2) is 0 Å². The van der Waals surface area contributed by atoms with Crippen molar-refractivity contribution in [2.45, 2.75) is 33.3 Å². The third kappa shape index (κ3) is 3.70. The van der Waals surface area contributed by atoms with Crippen LogP contribution < -0.4 is 0 Å². The minimum atomic E-state index is 0. The third-order valence-corrected chi connectivity index (χ3v) is 2.09. The van der Waals surface area contributed by atoms with Crippen LogP contribution in [-0.2, 0) is 6.61 Å². The average Bonchev–Trinajstić information content (AvgIpc) is 2.04. The third-order valence-electron chi connectivity index (χ3n) is 2.09. The molecule has 1 radical (unpaired) electrons. The maximum Gasteiger partial charge on any atom is 0.0684 e. The van der Waals surface area contributed by atoms with Crippen molar-refractivity contribution in [2.24, 2.45) is 0 Å². The topological polar surface area (TPSA) is 20.2 Å². The fourth-order valence-corrected chi connectivity index (χ4v) is 1.40. The van der Waals surface area contributed by atoms with Crippen molar-refractivity contribution in [1.29, 1.82) is 0 Å². The fraction of sp³-hybridized carbons (Fsp3) is 0.455. The Balaban J connectivity index is 0.00000144. The number of hydrogen-bond acceptors (Lipinski definition) is 1. The second-order valence-electron chi connectivity index (χ2n) is 3.52. The van der Waals surface area contributed by atoms with Gasteiger partial charge in [0.25, 0.3) is 0 Å². The first-order valence-corrected chi connectivity index (χ1v) is 4.35. The van der Waals surface area contributed by atoms with Crippen molar-refractivity contribution < 1.29 is 49.2 Å². The summed E-state index contributed by atoms with van der Waals surface area (Å²) in [7, 11) is 0. The summed E-state index contributed by atoms with van der Waals surface area (Å²) < 4.78 is 0. The largest absolute Gasteiger partial charge is 0.392 e. The molecule has 0 saturated heterocycles. The summed E-state index contributed by atoms with van der Waals surface area (Å²) >= 11 is 0. The average molecular weight is 391 g/mol. The van der Waals surface area contributed by atoms with Gasteiger partial charge in [0, 0.05) is 44.1 Å². The van der Waals surface area contributed by atoms with Crippen LogP contribution in [0.1, 0.15) is 36.5 Å². The molecule has 2 heteroatoms. The maximum absolute atomic E-state index is 9.06. The normalized spacial score (nSPS) is 9.92. The number of aliphatic hydroxyl groups is 1. The van der Waals surface area contributed by atoms with Crippen LogP contribution in [0.15, 0.2) is 18.2 Å². The van der Waals surface area contributed by atoms with Crippen LogP contribution in [0, 0.1) is 51.0 Å². The van der Waals surface area contributed by atoms with E-state index in [-0.39, 0.29) is 50.7 Å². The maximum atomic E-state index is 9.06. The Morgan fingerprint density at radius 2 is 1.92 bits per heavy atom. The van der Waals surface area contributed by atoms with E-state index in [9.17, 15) is 0 Å². The molecule has 1 aromatic carbocycles. The summed E-state index contributed by atoms with van der Waals surface area (Å²) in [6.45, 7) is 6.52. The zero-order valence-corrected chi connectivity index (χ0v) is 13.3. The summed E-state index contributed by atoms with van der Waals surface area (Å²) in [5, 5.41) is 9.06. The van der Waals surface area contributed by atoms with Crippen LogP contribution in [0.5, 0.6) is 0 Å². The van der Waals surface area contributed by atoms with E-state index < -0.39 is 0 Å². The van der Waals surface area contributed by atoms with Gasteiger partial charge in [-0.05, 0) is 24.0 Å². The molecule has 1 aromatic rings. The fourth-order valence-electron chi connectivity index (χ4n) is 1.40. The van der Waals surface area contributed by atoms with Gasteiger partial charge in [-0.3, -0.25) is 0 Å². The van der Waals surface area contributed by atoms with Crippen LogP contribution in [0.2, 0.25) is 0 Å². The molecule has 0 bridgehead atoms. The van der Waals surface area contributed by atoms with Crippen molar-refractivity contribution >= 4 is 0 Å². The van der Waals surface area contributed by atoms with Crippen LogP contribution in [0.3, 0.4) is 0 Å². The van der Waals surface area contributed by atoms with E-state index in [1.165, 1.54) is 11.1 Å². The molecule has 1 nitrogen and oxygen atoms in total. The van der Waals surface area contributed by atoms with Gasteiger partial charge in [0.1, 0.15) is 0 Å². The van der Waals surface area contributed by atoms with Gasteiger partial charge in [0.2, 0.25) is 0 Å². The minimum Gasteiger partial charge on any atom is -0.392 e. The molecule has 69 valence electrons. The molecule has 13 heavy (non-hydrogen) atoms. The molecule has 0 aliphatic carbocycles. The summed E-state index contributed by atoms with van der Waals surface area (Å²) in [5.41, 5.74) is 3.57.